The molecular formula is C29H42N6O6. The van der Waals surface area contributed by atoms with Gasteiger partial charge in [-0.2, -0.15) is 0 Å². The number of primary amides is 1. The number of hydrogen-bond donors (Lipinski definition) is 5. The number of fused-ring (bicyclic) bond motifs is 1. The van der Waals surface area contributed by atoms with E-state index in [-0.39, 0.29) is 18.9 Å². The van der Waals surface area contributed by atoms with E-state index < -0.39 is 53.4 Å². The molecule has 0 bridgehead atoms. The molecule has 224 valence electrons. The zero-order valence-electron chi connectivity index (χ0n) is 24.4. The van der Waals surface area contributed by atoms with Crippen LogP contribution in [0.25, 0.3) is 10.9 Å². The van der Waals surface area contributed by atoms with Crippen molar-refractivity contribution in [2.75, 3.05) is 13.1 Å². The monoisotopic (exact) mass is 570 g/mol. The Morgan fingerprint density at radius 1 is 1.10 bits per heavy atom. The Balaban J connectivity index is 1.87. The number of rotatable bonds is 11. The number of ether oxygens (including phenoxy) is 1. The lowest BCUT2D eigenvalue weighted by Gasteiger charge is -2.30. The van der Waals surface area contributed by atoms with Crippen LogP contribution in [-0.2, 0) is 30.3 Å². The second kappa shape index (κ2) is 13.5. The molecule has 3 rings (SSSR count). The Kier molecular flexibility index (Phi) is 10.4. The Morgan fingerprint density at radius 3 is 2.46 bits per heavy atom. The molecule has 0 radical (unpaired) electrons. The van der Waals surface area contributed by atoms with Gasteiger partial charge in [0.15, 0.2) is 0 Å². The van der Waals surface area contributed by atoms with E-state index in [1.165, 1.54) is 4.90 Å². The fourth-order valence-electron chi connectivity index (χ4n) is 4.94. The summed E-state index contributed by atoms with van der Waals surface area (Å²) in [5, 5.41) is 8.89. The maximum atomic E-state index is 14.0. The van der Waals surface area contributed by atoms with E-state index in [2.05, 4.69) is 20.9 Å². The highest BCUT2D eigenvalue weighted by Gasteiger charge is 2.39. The van der Waals surface area contributed by atoms with Gasteiger partial charge in [-0.15, -0.1) is 0 Å². The highest BCUT2D eigenvalue weighted by Crippen LogP contribution is 2.23. The fourth-order valence-corrected chi connectivity index (χ4v) is 4.94. The van der Waals surface area contributed by atoms with E-state index in [0.29, 0.717) is 25.8 Å². The number of nitrogens with two attached hydrogens (primary N) is 1. The smallest absolute Gasteiger partial charge is 0.408 e. The lowest BCUT2D eigenvalue weighted by atomic mass is 10.0. The van der Waals surface area contributed by atoms with Crippen LogP contribution in [0.3, 0.4) is 0 Å². The molecule has 0 aliphatic carbocycles. The molecule has 2 heterocycles. The molecule has 1 aliphatic rings. The summed E-state index contributed by atoms with van der Waals surface area (Å²) in [4.78, 5) is 68.7. The topological polar surface area (TPSA) is 176 Å². The minimum Gasteiger partial charge on any atom is -0.444 e. The number of hydrogen-bond acceptors (Lipinski definition) is 6. The number of alkyl carbamates (subject to hydrolysis) is 1. The van der Waals surface area contributed by atoms with Gasteiger partial charge in [-0.05, 0) is 57.6 Å². The van der Waals surface area contributed by atoms with Gasteiger partial charge < -0.3 is 36.3 Å². The van der Waals surface area contributed by atoms with E-state index in [4.69, 9.17) is 10.5 Å². The number of likely N-dealkylation sites (tertiary alicyclic amines) is 1. The van der Waals surface area contributed by atoms with Crippen molar-refractivity contribution in [2.24, 2.45) is 11.7 Å². The summed E-state index contributed by atoms with van der Waals surface area (Å²) in [5.74, 6) is -2.07. The molecule has 6 N–H and O–H groups in total. The number of nitrogens with one attached hydrogen (secondary N) is 4. The quantitative estimate of drug-likeness (QED) is 0.275. The average molecular weight is 571 g/mol. The molecule has 5 amide bonds. The Labute approximate surface area is 240 Å². The molecule has 1 fully saturated rings. The second-order valence-corrected chi connectivity index (χ2v) is 11.8. The zero-order chi connectivity index (χ0) is 30.3. The van der Waals surface area contributed by atoms with E-state index in [1.807, 2.05) is 38.1 Å². The van der Waals surface area contributed by atoms with Gasteiger partial charge in [-0.25, -0.2) is 4.79 Å². The second-order valence-electron chi connectivity index (χ2n) is 11.8. The molecule has 1 saturated heterocycles. The van der Waals surface area contributed by atoms with Crippen LogP contribution in [0.2, 0.25) is 0 Å². The van der Waals surface area contributed by atoms with Gasteiger partial charge in [0.05, 0.1) is 6.54 Å². The summed E-state index contributed by atoms with van der Waals surface area (Å²) in [6.07, 6.45) is 2.54. The number of para-hydroxylation sites is 1. The molecule has 3 unspecified atom stereocenters. The SMILES string of the molecule is CC(C)CC(NC(=O)OC(C)(C)C)C(=O)NC(Cc1c[nH]c2ccccc12)C(=O)N1CCCC1C(=O)NCC(N)=O. The van der Waals surface area contributed by atoms with Crippen LogP contribution in [0, 0.1) is 5.92 Å². The Bertz CT molecular complexity index is 1270. The van der Waals surface area contributed by atoms with Crippen LogP contribution in [-0.4, -0.2) is 76.4 Å². The average Bonchev–Trinajstić information content (AvgIpc) is 3.52. The minimum absolute atomic E-state index is 0.0559. The molecular weight excluding hydrogens is 528 g/mol. The zero-order valence-corrected chi connectivity index (χ0v) is 24.4. The van der Waals surface area contributed by atoms with Crippen LogP contribution in [0.5, 0.6) is 0 Å². The van der Waals surface area contributed by atoms with Crippen molar-refractivity contribution in [3.8, 4) is 0 Å². The summed E-state index contributed by atoms with van der Waals surface area (Å²) in [6, 6.07) is 4.85. The summed E-state index contributed by atoms with van der Waals surface area (Å²) < 4.78 is 5.36. The number of carbonyl (C=O) groups is 5. The van der Waals surface area contributed by atoms with Crippen molar-refractivity contribution in [3.05, 3.63) is 36.0 Å². The van der Waals surface area contributed by atoms with Crippen molar-refractivity contribution in [3.63, 3.8) is 0 Å². The van der Waals surface area contributed by atoms with Crippen LogP contribution < -0.4 is 21.7 Å². The summed E-state index contributed by atoms with van der Waals surface area (Å²) in [7, 11) is 0. The molecule has 0 saturated carbocycles. The minimum atomic E-state index is -1.03. The normalized spacial score (nSPS) is 16.7. The van der Waals surface area contributed by atoms with Gasteiger partial charge >= 0.3 is 6.09 Å². The van der Waals surface area contributed by atoms with Gasteiger partial charge in [-0.1, -0.05) is 32.0 Å². The predicted molar refractivity (Wildman–Crippen MR) is 153 cm³/mol. The molecule has 2 aromatic rings. The van der Waals surface area contributed by atoms with Gasteiger partial charge in [0.2, 0.25) is 23.6 Å². The van der Waals surface area contributed by atoms with Gasteiger partial charge in [0, 0.05) is 30.1 Å². The maximum absolute atomic E-state index is 14.0. The van der Waals surface area contributed by atoms with Crippen molar-refractivity contribution in [2.45, 2.75) is 84.0 Å². The van der Waals surface area contributed by atoms with Crippen LogP contribution in [0.4, 0.5) is 4.79 Å². The third kappa shape index (κ3) is 8.95. The molecule has 1 aliphatic heterocycles. The number of carbonyl (C=O) groups excluding carboxylic acids is 5. The van der Waals surface area contributed by atoms with E-state index in [9.17, 15) is 24.0 Å². The standard InChI is InChI=1S/C29H42N6O6/c1-17(2)13-21(34-28(40)41-29(3,4)5)25(37)33-22(14-18-15-31-20-10-7-6-9-19(18)20)27(39)35-12-8-11-23(35)26(38)32-16-24(30)36/h6-7,9-10,15,17,21-23,31H,8,11-14,16H2,1-5H3,(H2,30,36)(H,32,38)(H,33,37)(H,34,40). The molecule has 12 heteroatoms. The van der Waals surface area contributed by atoms with Crippen LogP contribution in [0.15, 0.2) is 30.5 Å². The fraction of sp³-hybridized carbons (Fsp3) is 0.552. The first kappa shape index (κ1) is 31.4. The molecule has 41 heavy (non-hydrogen) atoms. The lowest BCUT2D eigenvalue weighted by molar-refractivity contribution is -0.141. The Morgan fingerprint density at radius 2 is 1.80 bits per heavy atom. The van der Waals surface area contributed by atoms with Gasteiger partial charge in [-0.3, -0.25) is 19.2 Å². The van der Waals surface area contributed by atoms with E-state index in [1.54, 1.807) is 27.0 Å². The largest absolute Gasteiger partial charge is 0.444 e. The number of benzene rings is 1. The van der Waals surface area contributed by atoms with Crippen molar-refractivity contribution in [1.29, 1.82) is 0 Å². The Hall–Kier alpha value is -4.09. The first-order valence-electron chi connectivity index (χ1n) is 14.0. The van der Waals surface area contributed by atoms with Crippen molar-refractivity contribution < 1.29 is 28.7 Å². The predicted octanol–water partition coefficient (Wildman–Crippen LogP) is 1.73. The van der Waals surface area contributed by atoms with Crippen molar-refractivity contribution in [1.82, 2.24) is 25.8 Å². The van der Waals surface area contributed by atoms with E-state index in [0.717, 1.165) is 16.5 Å². The van der Waals surface area contributed by atoms with Gasteiger partial charge in [0.25, 0.3) is 0 Å². The summed E-state index contributed by atoms with van der Waals surface area (Å²) in [5.41, 5.74) is 6.11. The van der Waals surface area contributed by atoms with E-state index >= 15 is 0 Å². The van der Waals surface area contributed by atoms with Gasteiger partial charge in [0.1, 0.15) is 23.7 Å². The molecule has 1 aromatic heterocycles. The van der Waals surface area contributed by atoms with Crippen LogP contribution >= 0.6 is 0 Å². The number of aromatic nitrogens is 1. The first-order chi connectivity index (χ1) is 19.2. The molecule has 0 spiro atoms. The first-order valence-corrected chi connectivity index (χ1v) is 14.0. The summed E-state index contributed by atoms with van der Waals surface area (Å²) in [6.45, 7) is 9.01. The third-order valence-electron chi connectivity index (χ3n) is 6.70. The lowest BCUT2D eigenvalue weighted by Crippen LogP contribution is -2.57. The highest BCUT2D eigenvalue weighted by atomic mass is 16.6. The number of amides is 5. The molecule has 3 atom stereocenters. The third-order valence-corrected chi connectivity index (χ3v) is 6.70. The summed E-state index contributed by atoms with van der Waals surface area (Å²) >= 11 is 0. The van der Waals surface area contributed by atoms with Crippen molar-refractivity contribution >= 4 is 40.6 Å². The molecule has 12 nitrogen and oxygen atoms in total. The number of H-pyrrole nitrogens is 1. The molecule has 1 aromatic carbocycles. The van der Waals surface area contributed by atoms with Crippen LogP contribution in [0.1, 0.15) is 59.4 Å². The number of nitrogens with zero attached hydrogens (tertiary/aromatic N) is 1. The maximum Gasteiger partial charge on any atom is 0.408 e. The highest BCUT2D eigenvalue weighted by molar-refractivity contribution is 5.95. The number of aromatic amines is 1.